The summed E-state index contributed by atoms with van der Waals surface area (Å²) < 4.78 is 8.74. The van der Waals surface area contributed by atoms with Crippen LogP contribution in [0.2, 0.25) is 0 Å². The van der Waals surface area contributed by atoms with Gasteiger partial charge in [-0.25, -0.2) is 0 Å². The van der Waals surface area contributed by atoms with E-state index >= 15 is 0 Å². The van der Waals surface area contributed by atoms with Crippen molar-refractivity contribution in [1.29, 1.82) is 0 Å². The van der Waals surface area contributed by atoms with Crippen LogP contribution in [0.5, 0.6) is 0 Å². The molecule has 0 aliphatic carbocycles. The van der Waals surface area contributed by atoms with Crippen LogP contribution in [-0.2, 0) is 19.1 Å². The standard InChI is InChI=1S/C8H15NO4/c1-3-6(2)7(9)8(11)13-5-12-4-10/h4,6-7H,3,5,9H2,1-2H3. The van der Waals surface area contributed by atoms with Crippen LogP contribution < -0.4 is 5.73 Å². The second-order valence-corrected chi connectivity index (χ2v) is 2.76. The summed E-state index contributed by atoms with van der Waals surface area (Å²) in [6.07, 6.45) is 0.796. The van der Waals surface area contributed by atoms with Crippen molar-refractivity contribution in [2.45, 2.75) is 26.3 Å². The third-order valence-electron chi connectivity index (χ3n) is 1.87. The molecular weight excluding hydrogens is 174 g/mol. The Balaban J connectivity index is 3.75. The zero-order chi connectivity index (χ0) is 10.3. The van der Waals surface area contributed by atoms with Crippen molar-refractivity contribution in [2.24, 2.45) is 11.7 Å². The van der Waals surface area contributed by atoms with E-state index in [1.807, 2.05) is 13.8 Å². The van der Waals surface area contributed by atoms with Gasteiger partial charge in [-0.1, -0.05) is 20.3 Å². The van der Waals surface area contributed by atoms with Crippen LogP contribution in [0.15, 0.2) is 0 Å². The van der Waals surface area contributed by atoms with E-state index in [9.17, 15) is 9.59 Å². The molecule has 5 heteroatoms. The third kappa shape index (κ3) is 4.47. The molecule has 2 unspecified atom stereocenters. The summed E-state index contributed by atoms with van der Waals surface area (Å²) in [5.74, 6) is -0.486. The predicted molar refractivity (Wildman–Crippen MR) is 45.5 cm³/mol. The van der Waals surface area contributed by atoms with Gasteiger partial charge in [0.2, 0.25) is 6.79 Å². The van der Waals surface area contributed by atoms with Gasteiger partial charge in [0, 0.05) is 0 Å². The van der Waals surface area contributed by atoms with E-state index in [1.165, 1.54) is 0 Å². The molecule has 2 N–H and O–H groups in total. The molecule has 5 nitrogen and oxygen atoms in total. The van der Waals surface area contributed by atoms with Crippen molar-refractivity contribution in [2.75, 3.05) is 6.79 Å². The molecule has 0 aliphatic heterocycles. The minimum atomic E-state index is -0.653. The highest BCUT2D eigenvalue weighted by molar-refractivity contribution is 5.75. The zero-order valence-corrected chi connectivity index (χ0v) is 7.86. The Bertz CT molecular complexity index is 172. The van der Waals surface area contributed by atoms with E-state index in [4.69, 9.17) is 5.73 Å². The highest BCUT2D eigenvalue weighted by Gasteiger charge is 2.20. The van der Waals surface area contributed by atoms with Gasteiger partial charge >= 0.3 is 5.97 Å². The molecule has 0 saturated heterocycles. The Labute approximate surface area is 77.2 Å². The largest absolute Gasteiger partial charge is 0.430 e. The third-order valence-corrected chi connectivity index (χ3v) is 1.87. The maximum atomic E-state index is 11.1. The lowest BCUT2D eigenvalue weighted by Crippen LogP contribution is -2.38. The first-order valence-electron chi connectivity index (χ1n) is 4.11. The number of carbonyl (C=O) groups excluding carboxylic acids is 2. The average molecular weight is 189 g/mol. The van der Waals surface area contributed by atoms with Gasteiger partial charge in [-0.15, -0.1) is 0 Å². The Morgan fingerprint density at radius 3 is 2.69 bits per heavy atom. The fraction of sp³-hybridized carbons (Fsp3) is 0.750. The number of esters is 1. The van der Waals surface area contributed by atoms with Crippen LogP contribution >= 0.6 is 0 Å². The van der Waals surface area contributed by atoms with E-state index in [0.29, 0.717) is 0 Å². The number of rotatable bonds is 6. The first-order valence-corrected chi connectivity index (χ1v) is 4.11. The summed E-state index contributed by atoms with van der Waals surface area (Å²) >= 11 is 0. The normalized spacial score (nSPS) is 14.4. The van der Waals surface area contributed by atoms with Crippen LogP contribution in [0.1, 0.15) is 20.3 Å². The lowest BCUT2D eigenvalue weighted by atomic mass is 10.0. The summed E-state index contributed by atoms with van der Waals surface area (Å²) in [5.41, 5.74) is 5.54. The zero-order valence-electron chi connectivity index (χ0n) is 7.86. The van der Waals surface area contributed by atoms with Gasteiger partial charge in [0.15, 0.2) is 0 Å². The molecule has 0 aromatic heterocycles. The lowest BCUT2D eigenvalue weighted by molar-refractivity contribution is -0.162. The average Bonchev–Trinajstić information content (AvgIpc) is 2.15. The lowest BCUT2D eigenvalue weighted by Gasteiger charge is -2.15. The van der Waals surface area contributed by atoms with Crippen LogP contribution in [0.25, 0.3) is 0 Å². The van der Waals surface area contributed by atoms with E-state index < -0.39 is 12.0 Å². The van der Waals surface area contributed by atoms with Gasteiger partial charge in [0.05, 0.1) is 0 Å². The van der Waals surface area contributed by atoms with Crippen molar-refractivity contribution in [3.63, 3.8) is 0 Å². The number of carbonyl (C=O) groups is 2. The predicted octanol–water partition coefficient (Wildman–Crippen LogP) is 0.0335. The van der Waals surface area contributed by atoms with Crippen LogP contribution in [0, 0.1) is 5.92 Å². The fourth-order valence-electron chi connectivity index (χ4n) is 0.702. The Kier molecular flexibility index (Phi) is 5.88. The van der Waals surface area contributed by atoms with Crippen molar-refractivity contribution in [3.05, 3.63) is 0 Å². The number of nitrogens with two attached hydrogens (primary N) is 1. The van der Waals surface area contributed by atoms with Crippen molar-refractivity contribution < 1.29 is 19.1 Å². The molecule has 0 bridgehead atoms. The second-order valence-electron chi connectivity index (χ2n) is 2.76. The first-order chi connectivity index (χ1) is 6.13. The molecule has 0 heterocycles. The second kappa shape index (κ2) is 6.42. The molecule has 0 radical (unpaired) electrons. The number of hydrogen-bond acceptors (Lipinski definition) is 5. The summed E-state index contributed by atoms with van der Waals surface area (Å²) in [4.78, 5) is 20.8. The summed E-state index contributed by atoms with van der Waals surface area (Å²) in [6, 6.07) is -0.653. The highest BCUT2D eigenvalue weighted by atomic mass is 16.7. The van der Waals surface area contributed by atoms with Gasteiger partial charge in [0.1, 0.15) is 6.04 Å². The van der Waals surface area contributed by atoms with Gasteiger partial charge in [-0.05, 0) is 5.92 Å². The first kappa shape index (κ1) is 11.9. The molecule has 0 aliphatic rings. The van der Waals surface area contributed by atoms with Crippen LogP contribution in [0.4, 0.5) is 0 Å². The van der Waals surface area contributed by atoms with Gasteiger partial charge in [-0.3, -0.25) is 9.59 Å². The molecular formula is C8H15NO4. The Morgan fingerprint density at radius 1 is 1.62 bits per heavy atom. The fourth-order valence-corrected chi connectivity index (χ4v) is 0.702. The SMILES string of the molecule is CCC(C)C(N)C(=O)OCOC=O. The van der Waals surface area contributed by atoms with E-state index in [0.717, 1.165) is 6.42 Å². The summed E-state index contributed by atoms with van der Waals surface area (Å²) in [7, 11) is 0. The van der Waals surface area contributed by atoms with Gasteiger partial charge in [0.25, 0.3) is 6.47 Å². The molecule has 0 rings (SSSR count). The summed E-state index contributed by atoms with van der Waals surface area (Å²) in [5, 5.41) is 0. The maximum Gasteiger partial charge on any atom is 0.326 e. The van der Waals surface area contributed by atoms with Crippen LogP contribution in [0.3, 0.4) is 0 Å². The van der Waals surface area contributed by atoms with E-state index in [-0.39, 0.29) is 19.2 Å². The van der Waals surface area contributed by atoms with Gasteiger partial charge in [-0.2, -0.15) is 0 Å². The van der Waals surface area contributed by atoms with Crippen LogP contribution in [-0.4, -0.2) is 25.3 Å². The molecule has 0 amide bonds. The highest BCUT2D eigenvalue weighted by Crippen LogP contribution is 2.06. The Hall–Kier alpha value is -1.10. The molecule has 0 aromatic rings. The monoisotopic (exact) mass is 189 g/mol. The molecule has 13 heavy (non-hydrogen) atoms. The van der Waals surface area contributed by atoms with Crippen molar-refractivity contribution in [1.82, 2.24) is 0 Å². The molecule has 0 saturated carbocycles. The minimum Gasteiger partial charge on any atom is -0.430 e. The van der Waals surface area contributed by atoms with Gasteiger partial charge < -0.3 is 15.2 Å². The quantitative estimate of drug-likeness (QED) is 0.276. The minimum absolute atomic E-state index is 0.0590. The molecule has 76 valence electrons. The molecule has 0 aromatic carbocycles. The topological polar surface area (TPSA) is 78.6 Å². The maximum absolute atomic E-state index is 11.1. The molecule has 2 atom stereocenters. The smallest absolute Gasteiger partial charge is 0.326 e. The number of ether oxygens (including phenoxy) is 2. The van der Waals surface area contributed by atoms with Crippen molar-refractivity contribution in [3.8, 4) is 0 Å². The Morgan fingerprint density at radius 2 is 2.23 bits per heavy atom. The van der Waals surface area contributed by atoms with Crippen molar-refractivity contribution >= 4 is 12.4 Å². The molecule has 0 fully saturated rings. The van der Waals surface area contributed by atoms with E-state index in [1.54, 1.807) is 0 Å². The summed E-state index contributed by atoms with van der Waals surface area (Å²) in [6.45, 7) is 3.63. The number of hydrogen-bond donors (Lipinski definition) is 1. The van der Waals surface area contributed by atoms with E-state index in [2.05, 4.69) is 9.47 Å². The molecule has 0 spiro atoms.